The maximum Gasteiger partial charge on any atom is 0.314 e. The van der Waals surface area contributed by atoms with Crippen LogP contribution in [0.3, 0.4) is 0 Å². The topological polar surface area (TPSA) is 65.5 Å². The lowest BCUT2D eigenvalue weighted by molar-refractivity contribution is 0.240. The monoisotopic (exact) mass is 394 g/mol. The minimum Gasteiger partial charge on any atom is -0.338 e. The van der Waals surface area contributed by atoms with Gasteiger partial charge in [0.1, 0.15) is 5.84 Å². The van der Waals surface area contributed by atoms with Gasteiger partial charge in [0.2, 0.25) is 0 Å². The highest BCUT2D eigenvalue weighted by molar-refractivity contribution is 8.02. The normalized spacial score (nSPS) is 13.7. The summed E-state index contributed by atoms with van der Waals surface area (Å²) >= 11 is 1.44. The highest BCUT2D eigenvalue weighted by atomic mass is 32.2. The third-order valence-electron chi connectivity index (χ3n) is 4.40. The van der Waals surface area contributed by atoms with Crippen LogP contribution in [-0.4, -0.2) is 25.0 Å². The average molecular weight is 395 g/mol. The van der Waals surface area contributed by atoms with Crippen LogP contribution in [0.25, 0.3) is 0 Å². The predicted molar refractivity (Wildman–Crippen MR) is 119 cm³/mol. The molecule has 6 heteroatoms. The standard InChI is InChI=1S/C21H38N4OS/c1-3-4-14-17-22-21(26)23-18-15-12-10-8-6-5-7-9-11-13-16-20-24-19(2)27-25-20/h6,8H,2-5,7,9-18H2,1H3,(H,24,25)(H2,22,23,26)/b8-6-. The van der Waals surface area contributed by atoms with Crippen LogP contribution < -0.4 is 16.0 Å². The Hall–Kier alpha value is -1.43. The van der Waals surface area contributed by atoms with Crippen LogP contribution in [0, 0.1) is 0 Å². The van der Waals surface area contributed by atoms with Gasteiger partial charge >= 0.3 is 6.03 Å². The van der Waals surface area contributed by atoms with Gasteiger partial charge < -0.3 is 16.0 Å². The van der Waals surface area contributed by atoms with E-state index < -0.39 is 0 Å². The molecule has 0 aromatic rings. The maximum atomic E-state index is 11.5. The number of unbranched alkanes of at least 4 members (excludes halogenated alkanes) is 8. The van der Waals surface area contributed by atoms with Gasteiger partial charge in [0, 0.05) is 31.5 Å². The number of rotatable bonds is 16. The van der Waals surface area contributed by atoms with Crippen molar-refractivity contribution in [3.05, 3.63) is 23.8 Å². The zero-order chi connectivity index (χ0) is 19.6. The van der Waals surface area contributed by atoms with Gasteiger partial charge in [-0.1, -0.05) is 51.3 Å². The molecule has 1 aliphatic rings. The molecule has 154 valence electrons. The van der Waals surface area contributed by atoms with E-state index >= 15 is 0 Å². The van der Waals surface area contributed by atoms with E-state index in [-0.39, 0.29) is 6.03 Å². The number of carbonyl (C=O) groups is 1. The minimum atomic E-state index is -0.0267. The van der Waals surface area contributed by atoms with Crippen LogP contribution in [0.15, 0.2) is 28.2 Å². The highest BCUT2D eigenvalue weighted by Gasteiger charge is 2.08. The van der Waals surface area contributed by atoms with E-state index in [2.05, 4.69) is 46.0 Å². The predicted octanol–water partition coefficient (Wildman–Crippen LogP) is 5.66. The van der Waals surface area contributed by atoms with E-state index in [1.54, 1.807) is 0 Å². The van der Waals surface area contributed by atoms with Crippen LogP contribution in [0.1, 0.15) is 84.0 Å². The van der Waals surface area contributed by atoms with Crippen molar-refractivity contribution in [1.29, 1.82) is 0 Å². The van der Waals surface area contributed by atoms with Gasteiger partial charge in [-0.2, -0.15) is 4.40 Å². The molecule has 0 bridgehead atoms. The third-order valence-corrected chi connectivity index (χ3v) is 5.03. The molecule has 2 amide bonds. The molecule has 0 aromatic heterocycles. The zero-order valence-electron chi connectivity index (χ0n) is 17.0. The Morgan fingerprint density at radius 1 is 1.00 bits per heavy atom. The van der Waals surface area contributed by atoms with Gasteiger partial charge in [0.25, 0.3) is 0 Å². The first-order chi connectivity index (χ1) is 13.2. The van der Waals surface area contributed by atoms with Gasteiger partial charge in [0.05, 0.1) is 5.03 Å². The first-order valence-corrected chi connectivity index (χ1v) is 11.4. The number of hydrogen-bond donors (Lipinski definition) is 3. The number of nitrogens with one attached hydrogen (secondary N) is 3. The summed E-state index contributed by atoms with van der Waals surface area (Å²) in [6.07, 6.45) is 18.5. The molecule has 0 aliphatic carbocycles. The summed E-state index contributed by atoms with van der Waals surface area (Å²) in [5.41, 5.74) is 0. The molecule has 0 aromatic carbocycles. The fraction of sp³-hybridized carbons (Fsp3) is 0.714. The summed E-state index contributed by atoms with van der Waals surface area (Å²) in [5, 5.41) is 9.95. The van der Waals surface area contributed by atoms with Gasteiger partial charge in [-0.3, -0.25) is 0 Å². The van der Waals surface area contributed by atoms with Crippen LogP contribution in [0.5, 0.6) is 0 Å². The second kappa shape index (κ2) is 16.7. The Labute approximate surface area is 170 Å². The molecule has 0 saturated carbocycles. The van der Waals surface area contributed by atoms with Gasteiger partial charge in [-0.25, -0.2) is 4.79 Å². The number of amides is 2. The molecule has 3 N–H and O–H groups in total. The largest absolute Gasteiger partial charge is 0.338 e. The van der Waals surface area contributed by atoms with Crippen LogP contribution in [-0.2, 0) is 0 Å². The summed E-state index contributed by atoms with van der Waals surface area (Å²) in [6.45, 7) is 7.55. The van der Waals surface area contributed by atoms with Crippen molar-refractivity contribution in [2.75, 3.05) is 13.1 Å². The van der Waals surface area contributed by atoms with Crippen molar-refractivity contribution in [3.63, 3.8) is 0 Å². The lowest BCUT2D eigenvalue weighted by Gasteiger charge is -2.06. The number of carbonyl (C=O) groups excluding carboxylic acids is 1. The fourth-order valence-corrected chi connectivity index (χ4v) is 3.32. The smallest absolute Gasteiger partial charge is 0.314 e. The molecule has 0 fully saturated rings. The average Bonchev–Trinajstić information content (AvgIpc) is 3.08. The summed E-state index contributed by atoms with van der Waals surface area (Å²) in [4.78, 5) is 11.5. The van der Waals surface area contributed by atoms with E-state index in [9.17, 15) is 4.79 Å². The lowest BCUT2D eigenvalue weighted by atomic mass is 10.1. The summed E-state index contributed by atoms with van der Waals surface area (Å²) in [6, 6.07) is -0.0267. The van der Waals surface area contributed by atoms with Crippen molar-refractivity contribution in [2.45, 2.75) is 84.0 Å². The molecule has 0 saturated heterocycles. The van der Waals surface area contributed by atoms with Gasteiger partial charge in [-0.05, 0) is 44.9 Å². The number of amidine groups is 1. The van der Waals surface area contributed by atoms with Crippen molar-refractivity contribution in [3.8, 4) is 0 Å². The maximum absolute atomic E-state index is 11.5. The van der Waals surface area contributed by atoms with Crippen molar-refractivity contribution < 1.29 is 4.79 Å². The van der Waals surface area contributed by atoms with Gasteiger partial charge in [0.15, 0.2) is 0 Å². The molecule has 27 heavy (non-hydrogen) atoms. The van der Waals surface area contributed by atoms with Crippen molar-refractivity contribution in [1.82, 2.24) is 16.0 Å². The van der Waals surface area contributed by atoms with Crippen LogP contribution in [0.4, 0.5) is 4.79 Å². The molecule has 0 radical (unpaired) electrons. The molecule has 0 unspecified atom stereocenters. The van der Waals surface area contributed by atoms with E-state index in [4.69, 9.17) is 0 Å². The highest BCUT2D eigenvalue weighted by Crippen LogP contribution is 2.20. The first kappa shape index (κ1) is 23.6. The first-order valence-electron chi connectivity index (χ1n) is 10.6. The quantitative estimate of drug-likeness (QED) is 0.180. The molecule has 1 aliphatic heterocycles. The molecule has 0 spiro atoms. The number of urea groups is 1. The minimum absolute atomic E-state index is 0.0267. The lowest BCUT2D eigenvalue weighted by Crippen LogP contribution is -2.36. The molecule has 1 rings (SSSR count). The summed E-state index contributed by atoms with van der Waals surface area (Å²) in [5.74, 6) is 1.08. The molecular formula is C21H38N4OS. The summed E-state index contributed by atoms with van der Waals surface area (Å²) in [7, 11) is 0. The third kappa shape index (κ3) is 14.3. The van der Waals surface area contributed by atoms with E-state index in [1.807, 2.05) is 0 Å². The molecule has 0 atom stereocenters. The number of allylic oxidation sites excluding steroid dienone is 2. The molecular weight excluding hydrogens is 356 g/mol. The van der Waals surface area contributed by atoms with E-state index in [0.717, 1.165) is 56.1 Å². The van der Waals surface area contributed by atoms with Crippen molar-refractivity contribution >= 4 is 23.8 Å². The van der Waals surface area contributed by atoms with E-state index in [1.165, 1.54) is 56.9 Å². The van der Waals surface area contributed by atoms with Crippen molar-refractivity contribution in [2.24, 2.45) is 4.40 Å². The zero-order valence-corrected chi connectivity index (χ0v) is 17.8. The fourth-order valence-electron chi connectivity index (χ4n) is 2.80. The van der Waals surface area contributed by atoms with Gasteiger partial charge in [-0.15, -0.1) is 0 Å². The second-order valence-corrected chi connectivity index (χ2v) is 7.85. The number of hydrogen-bond acceptors (Lipinski definition) is 4. The summed E-state index contributed by atoms with van der Waals surface area (Å²) < 4.78 is 4.32. The Morgan fingerprint density at radius 2 is 1.63 bits per heavy atom. The van der Waals surface area contributed by atoms with E-state index in [0.29, 0.717) is 0 Å². The second-order valence-electron chi connectivity index (χ2n) is 6.99. The Morgan fingerprint density at radius 3 is 2.26 bits per heavy atom. The van der Waals surface area contributed by atoms with Crippen LogP contribution in [0.2, 0.25) is 0 Å². The SMILES string of the molecule is C=C1NC(CCCCCC/C=C\CCCCNC(=O)NCCCCC)=NS1. The Bertz CT molecular complexity index is 477. The number of nitrogens with zero attached hydrogens (tertiary/aromatic N) is 1. The molecule has 5 nitrogen and oxygen atoms in total. The Balaban J connectivity index is 1.79. The van der Waals surface area contributed by atoms with Crippen LogP contribution >= 0.6 is 11.9 Å². The Kier molecular flexibility index (Phi) is 14.6. The molecule has 1 heterocycles.